The first-order valence-electron chi connectivity index (χ1n) is 5.12. The van der Waals surface area contributed by atoms with Crippen molar-refractivity contribution < 1.29 is 0 Å². The fourth-order valence-electron chi connectivity index (χ4n) is 2.50. The van der Waals surface area contributed by atoms with Gasteiger partial charge in [-0.2, -0.15) is 0 Å². The average Bonchev–Trinajstić information content (AvgIpc) is 2.75. The third-order valence-electron chi connectivity index (χ3n) is 3.22. The SMILES string of the molecule is C=C(C)C1C(C)C1c1cc(Cl)cc(Cl)c1. The van der Waals surface area contributed by atoms with Gasteiger partial charge in [0, 0.05) is 10.0 Å². The summed E-state index contributed by atoms with van der Waals surface area (Å²) in [5.41, 5.74) is 2.50. The van der Waals surface area contributed by atoms with E-state index in [4.69, 9.17) is 23.2 Å². The minimum absolute atomic E-state index is 0.554. The van der Waals surface area contributed by atoms with Crippen LogP contribution < -0.4 is 0 Å². The van der Waals surface area contributed by atoms with E-state index in [9.17, 15) is 0 Å². The Bertz CT molecular complexity index is 389. The molecule has 1 aromatic carbocycles. The maximum Gasteiger partial charge on any atom is 0.0423 e. The van der Waals surface area contributed by atoms with E-state index in [1.54, 1.807) is 6.07 Å². The van der Waals surface area contributed by atoms with Gasteiger partial charge in [-0.1, -0.05) is 42.3 Å². The van der Waals surface area contributed by atoms with Crippen LogP contribution in [0.4, 0.5) is 0 Å². The van der Waals surface area contributed by atoms with Gasteiger partial charge >= 0.3 is 0 Å². The Morgan fingerprint density at radius 1 is 1.20 bits per heavy atom. The molecule has 0 spiro atoms. The highest BCUT2D eigenvalue weighted by Crippen LogP contribution is 2.57. The lowest BCUT2D eigenvalue weighted by Gasteiger charge is -2.02. The number of rotatable bonds is 2. The Balaban J connectivity index is 2.29. The second-order valence-corrected chi connectivity index (χ2v) is 5.33. The molecule has 3 unspecified atom stereocenters. The van der Waals surface area contributed by atoms with Gasteiger partial charge in [-0.05, 0) is 48.4 Å². The Morgan fingerprint density at radius 3 is 2.13 bits per heavy atom. The fourth-order valence-corrected chi connectivity index (χ4v) is 3.04. The molecule has 0 saturated heterocycles. The lowest BCUT2D eigenvalue weighted by atomic mass is 10.1. The molecule has 1 aromatic rings. The Hall–Kier alpha value is -0.460. The highest BCUT2D eigenvalue weighted by molar-refractivity contribution is 6.34. The van der Waals surface area contributed by atoms with Crippen molar-refractivity contribution in [3.8, 4) is 0 Å². The fraction of sp³-hybridized carbons (Fsp3) is 0.385. The van der Waals surface area contributed by atoms with E-state index in [1.807, 2.05) is 12.1 Å². The molecule has 0 amide bonds. The standard InChI is InChI=1S/C13H14Cl2/c1-7(2)12-8(3)13(12)9-4-10(14)6-11(15)5-9/h4-6,8,12-13H,1H2,2-3H3. The van der Waals surface area contributed by atoms with Crippen molar-refractivity contribution in [2.24, 2.45) is 11.8 Å². The first-order chi connectivity index (χ1) is 7.00. The van der Waals surface area contributed by atoms with E-state index < -0.39 is 0 Å². The van der Waals surface area contributed by atoms with Gasteiger partial charge < -0.3 is 0 Å². The largest absolute Gasteiger partial charge is 0.0998 e. The van der Waals surface area contributed by atoms with Crippen molar-refractivity contribution in [2.75, 3.05) is 0 Å². The van der Waals surface area contributed by atoms with Crippen LogP contribution in [0.2, 0.25) is 10.0 Å². The quantitative estimate of drug-likeness (QED) is 0.644. The van der Waals surface area contributed by atoms with Gasteiger partial charge in [0.15, 0.2) is 0 Å². The molecule has 2 rings (SSSR count). The van der Waals surface area contributed by atoms with Gasteiger partial charge in [-0.25, -0.2) is 0 Å². The van der Waals surface area contributed by atoms with Crippen molar-refractivity contribution in [3.63, 3.8) is 0 Å². The Labute approximate surface area is 101 Å². The molecule has 1 saturated carbocycles. The summed E-state index contributed by atoms with van der Waals surface area (Å²) < 4.78 is 0. The van der Waals surface area contributed by atoms with Gasteiger partial charge in [0.25, 0.3) is 0 Å². The summed E-state index contributed by atoms with van der Waals surface area (Å²) >= 11 is 12.0. The molecule has 0 aliphatic heterocycles. The molecular formula is C13H14Cl2. The second-order valence-electron chi connectivity index (χ2n) is 4.46. The molecule has 80 valence electrons. The topological polar surface area (TPSA) is 0 Å². The van der Waals surface area contributed by atoms with Gasteiger partial charge in [0.1, 0.15) is 0 Å². The Kier molecular flexibility index (Phi) is 2.83. The lowest BCUT2D eigenvalue weighted by molar-refractivity contribution is 0.858. The summed E-state index contributed by atoms with van der Waals surface area (Å²) in [5.74, 6) is 1.82. The molecule has 0 aromatic heterocycles. The van der Waals surface area contributed by atoms with E-state index in [-0.39, 0.29) is 0 Å². The highest BCUT2D eigenvalue weighted by Gasteiger charge is 2.47. The van der Waals surface area contributed by atoms with E-state index >= 15 is 0 Å². The predicted octanol–water partition coefficient (Wildman–Crippen LogP) is 4.92. The maximum absolute atomic E-state index is 5.99. The minimum Gasteiger partial charge on any atom is -0.0998 e. The van der Waals surface area contributed by atoms with Crippen LogP contribution in [-0.2, 0) is 0 Å². The van der Waals surface area contributed by atoms with Crippen LogP contribution in [0.15, 0.2) is 30.4 Å². The van der Waals surface area contributed by atoms with Crippen molar-refractivity contribution in [1.29, 1.82) is 0 Å². The molecule has 0 heterocycles. The molecule has 2 heteroatoms. The van der Waals surface area contributed by atoms with Crippen LogP contribution in [-0.4, -0.2) is 0 Å². The average molecular weight is 241 g/mol. The van der Waals surface area contributed by atoms with E-state index in [2.05, 4.69) is 20.4 Å². The van der Waals surface area contributed by atoms with E-state index in [0.29, 0.717) is 17.8 Å². The molecule has 3 atom stereocenters. The minimum atomic E-state index is 0.554. The van der Waals surface area contributed by atoms with E-state index in [1.165, 1.54) is 11.1 Å². The molecule has 0 N–H and O–H groups in total. The molecule has 15 heavy (non-hydrogen) atoms. The highest BCUT2D eigenvalue weighted by atomic mass is 35.5. The normalized spacial score (nSPS) is 28.9. The van der Waals surface area contributed by atoms with Gasteiger partial charge in [-0.3, -0.25) is 0 Å². The maximum atomic E-state index is 5.99. The third kappa shape index (κ3) is 2.07. The zero-order valence-electron chi connectivity index (χ0n) is 8.93. The summed E-state index contributed by atoms with van der Waals surface area (Å²) in [6, 6.07) is 5.80. The number of allylic oxidation sites excluding steroid dienone is 1. The summed E-state index contributed by atoms with van der Waals surface area (Å²) in [6.07, 6.45) is 0. The predicted molar refractivity (Wildman–Crippen MR) is 66.7 cm³/mol. The molecule has 0 nitrogen and oxygen atoms in total. The van der Waals surface area contributed by atoms with E-state index in [0.717, 1.165) is 10.0 Å². The van der Waals surface area contributed by atoms with Crippen molar-refractivity contribution in [1.82, 2.24) is 0 Å². The van der Waals surface area contributed by atoms with Crippen LogP contribution >= 0.6 is 23.2 Å². The first kappa shape index (κ1) is 11.0. The van der Waals surface area contributed by atoms with Crippen LogP contribution in [0, 0.1) is 11.8 Å². The molecule has 0 bridgehead atoms. The monoisotopic (exact) mass is 240 g/mol. The van der Waals surface area contributed by atoms with Crippen molar-refractivity contribution >= 4 is 23.2 Å². The number of halogens is 2. The van der Waals surface area contributed by atoms with Crippen molar-refractivity contribution in [3.05, 3.63) is 46.0 Å². The third-order valence-corrected chi connectivity index (χ3v) is 3.65. The smallest absolute Gasteiger partial charge is 0.0423 e. The number of benzene rings is 1. The molecule has 1 aliphatic rings. The molecular weight excluding hydrogens is 227 g/mol. The summed E-state index contributed by atoms with van der Waals surface area (Å²) in [7, 11) is 0. The molecule has 0 radical (unpaired) electrons. The van der Waals surface area contributed by atoms with Crippen LogP contribution in [0.5, 0.6) is 0 Å². The van der Waals surface area contributed by atoms with Crippen LogP contribution in [0.1, 0.15) is 25.3 Å². The van der Waals surface area contributed by atoms with Crippen molar-refractivity contribution in [2.45, 2.75) is 19.8 Å². The Morgan fingerprint density at radius 2 is 1.73 bits per heavy atom. The zero-order valence-corrected chi connectivity index (χ0v) is 10.4. The number of hydrogen-bond acceptors (Lipinski definition) is 0. The first-order valence-corrected chi connectivity index (χ1v) is 5.87. The molecule has 1 fully saturated rings. The summed E-state index contributed by atoms with van der Waals surface area (Å²) in [5, 5.41) is 1.44. The molecule has 1 aliphatic carbocycles. The van der Waals surface area contributed by atoms with Gasteiger partial charge in [0.05, 0.1) is 0 Å². The van der Waals surface area contributed by atoms with Gasteiger partial charge in [0.2, 0.25) is 0 Å². The second kappa shape index (κ2) is 3.84. The lowest BCUT2D eigenvalue weighted by Crippen LogP contribution is -1.84. The number of hydrogen-bond donors (Lipinski definition) is 0. The zero-order chi connectivity index (χ0) is 11.2. The van der Waals surface area contributed by atoms with Crippen LogP contribution in [0.25, 0.3) is 0 Å². The van der Waals surface area contributed by atoms with Gasteiger partial charge in [-0.15, -0.1) is 0 Å². The summed E-state index contributed by atoms with van der Waals surface area (Å²) in [6.45, 7) is 8.36. The summed E-state index contributed by atoms with van der Waals surface area (Å²) in [4.78, 5) is 0. The van der Waals surface area contributed by atoms with Crippen LogP contribution in [0.3, 0.4) is 0 Å².